The van der Waals surface area contributed by atoms with Crippen LogP contribution in [0.1, 0.15) is 45.4 Å². The number of allylic oxidation sites excluding steroid dienone is 1. The Labute approximate surface area is 171 Å². The number of rotatable bonds is 10. The van der Waals surface area contributed by atoms with Crippen molar-refractivity contribution in [1.29, 1.82) is 0 Å². The number of benzene rings is 3. The fourth-order valence-corrected chi connectivity index (χ4v) is 7.60. The molecule has 0 aliphatic heterocycles. The van der Waals surface area contributed by atoms with Gasteiger partial charge in [0, 0.05) is 0 Å². The Morgan fingerprint density at radius 1 is 0.571 bits per heavy atom. The van der Waals surface area contributed by atoms with Crippen LogP contribution in [0, 0.1) is 0 Å². The van der Waals surface area contributed by atoms with Gasteiger partial charge in [-0.1, -0.05) is 87.2 Å². The fourth-order valence-electron chi connectivity index (χ4n) is 3.79. The van der Waals surface area contributed by atoms with Crippen LogP contribution in [0.2, 0.25) is 0 Å². The first-order valence-corrected chi connectivity index (χ1v) is 12.5. The molecule has 3 aromatic carbocycles. The van der Waals surface area contributed by atoms with E-state index in [4.69, 9.17) is 0 Å². The summed E-state index contributed by atoms with van der Waals surface area (Å²) in [6.07, 6.45) is 10.3. The molecule has 0 spiro atoms. The molecule has 28 heavy (non-hydrogen) atoms. The zero-order valence-electron chi connectivity index (χ0n) is 17.0. The highest BCUT2D eigenvalue weighted by Gasteiger charge is 2.42. The van der Waals surface area contributed by atoms with Gasteiger partial charge in [-0.05, 0) is 55.3 Å². The Morgan fingerprint density at radius 3 is 1.43 bits per heavy atom. The molecule has 0 saturated carbocycles. The highest BCUT2D eigenvalue weighted by Crippen LogP contribution is 2.56. The molecule has 0 bridgehead atoms. The second kappa shape index (κ2) is 11.0. The van der Waals surface area contributed by atoms with Crippen molar-refractivity contribution in [3.8, 4) is 0 Å². The van der Waals surface area contributed by atoms with E-state index >= 15 is 0 Å². The maximum Gasteiger partial charge on any atom is 0.136 e. The molecule has 0 amide bonds. The van der Waals surface area contributed by atoms with Crippen LogP contribution in [-0.2, 0) is 0 Å². The first-order chi connectivity index (χ1) is 13.9. The van der Waals surface area contributed by atoms with Gasteiger partial charge in [0.2, 0.25) is 0 Å². The molecule has 0 aliphatic carbocycles. The zero-order chi connectivity index (χ0) is 19.5. The van der Waals surface area contributed by atoms with Crippen molar-refractivity contribution in [3.63, 3.8) is 0 Å². The van der Waals surface area contributed by atoms with E-state index in [0.717, 1.165) is 6.42 Å². The summed E-state index contributed by atoms with van der Waals surface area (Å²) in [4.78, 5) is 0. The van der Waals surface area contributed by atoms with Crippen molar-refractivity contribution in [2.45, 2.75) is 45.4 Å². The third kappa shape index (κ3) is 5.00. The molecule has 144 valence electrons. The van der Waals surface area contributed by atoms with Gasteiger partial charge in [-0.15, -0.1) is 0 Å². The average molecular weight is 388 g/mol. The van der Waals surface area contributed by atoms with Crippen LogP contribution in [0.5, 0.6) is 0 Å². The monoisotopic (exact) mass is 387 g/mol. The standard InChI is InChI=1S/C27H32P/c1-2-3-4-5-6-7-17-24-28(25-18-11-8-12-19-25,26-20-13-9-14-21-26)27-22-15-10-16-23-27/h8-24H,2-7H2,1H3/q+1. The molecule has 0 heterocycles. The second-order valence-corrected chi connectivity index (χ2v) is 10.6. The number of unbranched alkanes of at least 4 members (excludes halogenated alkanes) is 5. The number of hydrogen-bond acceptors (Lipinski definition) is 0. The lowest BCUT2D eigenvalue weighted by Gasteiger charge is -2.24. The summed E-state index contributed by atoms with van der Waals surface area (Å²) in [5, 5.41) is 4.28. The van der Waals surface area contributed by atoms with E-state index in [0.29, 0.717) is 0 Å². The van der Waals surface area contributed by atoms with E-state index in [1.54, 1.807) is 0 Å². The summed E-state index contributed by atoms with van der Waals surface area (Å²) in [5.74, 6) is 2.55. The van der Waals surface area contributed by atoms with E-state index < -0.39 is 7.26 Å². The van der Waals surface area contributed by atoms with Gasteiger partial charge in [-0.25, -0.2) is 0 Å². The van der Waals surface area contributed by atoms with E-state index in [9.17, 15) is 0 Å². The van der Waals surface area contributed by atoms with Crippen molar-refractivity contribution in [2.75, 3.05) is 0 Å². The lowest BCUT2D eigenvalue weighted by molar-refractivity contribution is 0.637. The molecule has 0 nitrogen and oxygen atoms in total. The van der Waals surface area contributed by atoms with Crippen molar-refractivity contribution in [1.82, 2.24) is 0 Å². The van der Waals surface area contributed by atoms with E-state index in [-0.39, 0.29) is 0 Å². The van der Waals surface area contributed by atoms with Crippen LogP contribution in [0.25, 0.3) is 0 Å². The van der Waals surface area contributed by atoms with Crippen LogP contribution in [0.4, 0.5) is 0 Å². The molecule has 0 atom stereocenters. The Kier molecular flexibility index (Phi) is 8.07. The summed E-state index contributed by atoms with van der Waals surface area (Å²) in [5.41, 5.74) is 0. The summed E-state index contributed by atoms with van der Waals surface area (Å²) < 4.78 is 0. The molecule has 0 aliphatic rings. The molecular weight excluding hydrogens is 355 g/mol. The van der Waals surface area contributed by atoms with Gasteiger partial charge in [0.25, 0.3) is 0 Å². The molecule has 0 radical (unpaired) electrons. The fraction of sp³-hybridized carbons (Fsp3) is 0.259. The highest BCUT2D eigenvalue weighted by atomic mass is 31.2. The molecule has 3 aromatic rings. The van der Waals surface area contributed by atoms with Gasteiger partial charge >= 0.3 is 0 Å². The van der Waals surface area contributed by atoms with Crippen LogP contribution in [-0.4, -0.2) is 0 Å². The Hall–Kier alpha value is -2.17. The van der Waals surface area contributed by atoms with Gasteiger partial charge in [0.05, 0.1) is 5.82 Å². The molecule has 3 rings (SSSR count). The van der Waals surface area contributed by atoms with Crippen molar-refractivity contribution >= 4 is 23.2 Å². The first kappa shape index (κ1) is 20.6. The van der Waals surface area contributed by atoms with Gasteiger partial charge in [0.1, 0.15) is 23.2 Å². The Balaban J connectivity index is 1.99. The van der Waals surface area contributed by atoms with Crippen LogP contribution in [0.3, 0.4) is 0 Å². The average Bonchev–Trinajstić information content (AvgIpc) is 2.78. The van der Waals surface area contributed by atoms with Crippen molar-refractivity contribution in [3.05, 3.63) is 103 Å². The number of hydrogen-bond donors (Lipinski definition) is 0. The molecular formula is C27H32P+. The van der Waals surface area contributed by atoms with E-state index in [1.165, 1.54) is 48.0 Å². The van der Waals surface area contributed by atoms with Gasteiger partial charge < -0.3 is 0 Å². The van der Waals surface area contributed by atoms with E-state index in [1.807, 2.05) is 0 Å². The highest BCUT2D eigenvalue weighted by molar-refractivity contribution is 7.98. The minimum absolute atomic E-state index is 1.16. The van der Waals surface area contributed by atoms with Crippen LogP contribution < -0.4 is 15.9 Å². The molecule has 0 N–H and O–H groups in total. The van der Waals surface area contributed by atoms with Crippen LogP contribution in [0.15, 0.2) is 103 Å². The largest absolute Gasteiger partial charge is 0.136 e. The lowest BCUT2D eigenvalue weighted by atomic mass is 10.1. The third-order valence-corrected chi connectivity index (χ3v) is 9.29. The predicted molar refractivity (Wildman–Crippen MR) is 128 cm³/mol. The van der Waals surface area contributed by atoms with Crippen molar-refractivity contribution < 1.29 is 0 Å². The Bertz CT molecular complexity index is 725. The van der Waals surface area contributed by atoms with Gasteiger partial charge in [-0.2, -0.15) is 0 Å². The SMILES string of the molecule is CCCCCCCC=C[P+](c1ccccc1)(c1ccccc1)c1ccccc1. The van der Waals surface area contributed by atoms with Gasteiger partial charge in [-0.3, -0.25) is 0 Å². The Morgan fingerprint density at radius 2 is 1.00 bits per heavy atom. The zero-order valence-corrected chi connectivity index (χ0v) is 17.9. The maximum absolute atomic E-state index is 2.55. The molecule has 1 heteroatoms. The molecule has 0 aromatic heterocycles. The first-order valence-electron chi connectivity index (χ1n) is 10.6. The molecule has 0 fully saturated rings. The smallest absolute Gasteiger partial charge is 0.0654 e. The lowest BCUT2D eigenvalue weighted by Crippen LogP contribution is -2.29. The quantitative estimate of drug-likeness (QED) is 0.263. The normalized spacial score (nSPS) is 11.8. The molecule has 0 unspecified atom stereocenters. The molecule has 0 saturated heterocycles. The minimum Gasteiger partial charge on any atom is -0.0654 e. The predicted octanol–water partition coefficient (Wildman–Crippen LogP) is 6.85. The minimum atomic E-state index is -1.80. The topological polar surface area (TPSA) is 0 Å². The maximum atomic E-state index is 2.55. The second-order valence-electron chi connectivity index (χ2n) is 7.32. The third-order valence-electron chi connectivity index (χ3n) is 5.29. The summed E-state index contributed by atoms with van der Waals surface area (Å²) in [7, 11) is -1.80. The van der Waals surface area contributed by atoms with Crippen LogP contribution >= 0.6 is 7.26 Å². The van der Waals surface area contributed by atoms with Crippen molar-refractivity contribution in [2.24, 2.45) is 0 Å². The summed E-state index contributed by atoms with van der Waals surface area (Å²) in [6.45, 7) is 2.28. The van der Waals surface area contributed by atoms with Gasteiger partial charge in [0.15, 0.2) is 0 Å². The summed E-state index contributed by atoms with van der Waals surface area (Å²) in [6, 6.07) is 33.2. The summed E-state index contributed by atoms with van der Waals surface area (Å²) >= 11 is 0. The van der Waals surface area contributed by atoms with E-state index in [2.05, 4.69) is 110 Å².